The molecule has 0 aliphatic rings. The van der Waals surface area contributed by atoms with E-state index in [1.165, 1.54) is 0 Å². The van der Waals surface area contributed by atoms with Crippen molar-refractivity contribution in [1.82, 2.24) is 10.3 Å². The van der Waals surface area contributed by atoms with Gasteiger partial charge in [0.25, 0.3) is 0 Å². The number of benzene rings is 1. The molecule has 0 aliphatic carbocycles. The molecule has 1 heterocycles. The molecular formula is C15H17N3OS. The van der Waals surface area contributed by atoms with E-state index in [2.05, 4.69) is 15.6 Å². The van der Waals surface area contributed by atoms with Gasteiger partial charge in [-0.25, -0.2) is 0 Å². The summed E-state index contributed by atoms with van der Waals surface area (Å²) in [4.78, 5) is 16.0. The highest BCUT2D eigenvalue weighted by atomic mass is 32.1. The van der Waals surface area contributed by atoms with Crippen LogP contribution in [0, 0.1) is 6.92 Å². The van der Waals surface area contributed by atoms with Crippen molar-refractivity contribution < 1.29 is 4.79 Å². The van der Waals surface area contributed by atoms with Gasteiger partial charge < -0.3 is 10.6 Å². The van der Waals surface area contributed by atoms with Crippen LogP contribution in [0.25, 0.3) is 10.9 Å². The minimum atomic E-state index is -0.0747. The highest BCUT2D eigenvalue weighted by Crippen LogP contribution is 2.21. The molecule has 0 bridgehead atoms. The third-order valence-corrected chi connectivity index (χ3v) is 3.04. The number of para-hydroxylation sites is 1. The summed E-state index contributed by atoms with van der Waals surface area (Å²) in [7, 11) is 0. The molecule has 1 amide bonds. The second-order valence-electron chi connectivity index (χ2n) is 4.58. The molecule has 0 aliphatic heterocycles. The summed E-state index contributed by atoms with van der Waals surface area (Å²) >= 11 is 5.15. The summed E-state index contributed by atoms with van der Waals surface area (Å²) in [5, 5.41) is 7.04. The van der Waals surface area contributed by atoms with Crippen molar-refractivity contribution in [2.24, 2.45) is 0 Å². The Bertz CT molecular complexity index is 655. The number of anilines is 1. The first kappa shape index (κ1) is 14.4. The Morgan fingerprint density at radius 1 is 1.30 bits per heavy atom. The third kappa shape index (κ3) is 3.51. The van der Waals surface area contributed by atoms with E-state index in [0.717, 1.165) is 28.7 Å². The summed E-state index contributed by atoms with van der Waals surface area (Å²) in [6.45, 7) is 3.89. The van der Waals surface area contributed by atoms with E-state index in [0.29, 0.717) is 11.5 Å². The zero-order valence-electron chi connectivity index (χ0n) is 11.6. The maximum Gasteiger partial charge on any atom is 0.226 e. The lowest BCUT2D eigenvalue weighted by Crippen LogP contribution is -2.33. The predicted molar refractivity (Wildman–Crippen MR) is 85.8 cm³/mol. The zero-order chi connectivity index (χ0) is 14.5. The number of aromatic nitrogens is 1. The average Bonchev–Trinajstić information content (AvgIpc) is 2.39. The number of rotatable bonds is 3. The molecule has 0 unspecified atom stereocenters. The Morgan fingerprint density at radius 3 is 2.85 bits per heavy atom. The van der Waals surface area contributed by atoms with Crippen LogP contribution >= 0.6 is 12.2 Å². The van der Waals surface area contributed by atoms with Crippen molar-refractivity contribution >= 4 is 39.8 Å². The Kier molecular flexibility index (Phi) is 4.63. The zero-order valence-corrected chi connectivity index (χ0v) is 12.4. The minimum Gasteiger partial charge on any atom is -0.331 e. The molecule has 0 spiro atoms. The topological polar surface area (TPSA) is 54.0 Å². The standard InChI is InChI=1S/C15H17N3OS/c1-3-5-13(19)18-15(20)17-12-7-4-6-11-9-8-10(2)16-14(11)12/h4,6-9H,3,5H2,1-2H3,(H2,17,18,19,20). The van der Waals surface area contributed by atoms with Crippen molar-refractivity contribution in [2.45, 2.75) is 26.7 Å². The number of nitrogens with one attached hydrogen (secondary N) is 2. The highest BCUT2D eigenvalue weighted by molar-refractivity contribution is 7.80. The van der Waals surface area contributed by atoms with E-state index in [4.69, 9.17) is 12.2 Å². The molecular weight excluding hydrogens is 270 g/mol. The first-order chi connectivity index (χ1) is 9.60. The molecule has 2 N–H and O–H groups in total. The maximum atomic E-state index is 11.5. The number of hydrogen-bond acceptors (Lipinski definition) is 3. The fourth-order valence-corrected chi connectivity index (χ4v) is 2.14. The van der Waals surface area contributed by atoms with Crippen molar-refractivity contribution in [2.75, 3.05) is 5.32 Å². The normalized spacial score (nSPS) is 10.3. The number of carbonyl (C=O) groups is 1. The number of pyridine rings is 1. The highest BCUT2D eigenvalue weighted by Gasteiger charge is 2.07. The smallest absolute Gasteiger partial charge is 0.226 e. The number of amides is 1. The molecule has 104 valence electrons. The molecule has 5 heteroatoms. The monoisotopic (exact) mass is 287 g/mol. The van der Waals surface area contributed by atoms with Gasteiger partial charge in [0.15, 0.2) is 5.11 Å². The van der Waals surface area contributed by atoms with Gasteiger partial charge in [-0.2, -0.15) is 0 Å². The van der Waals surface area contributed by atoms with Crippen LogP contribution in [0.5, 0.6) is 0 Å². The number of carbonyl (C=O) groups excluding carboxylic acids is 1. The largest absolute Gasteiger partial charge is 0.331 e. The van der Waals surface area contributed by atoms with Gasteiger partial charge in [0.2, 0.25) is 5.91 Å². The van der Waals surface area contributed by atoms with Gasteiger partial charge in [-0.3, -0.25) is 9.78 Å². The summed E-state index contributed by atoms with van der Waals surface area (Å²) in [5.41, 5.74) is 2.58. The lowest BCUT2D eigenvalue weighted by molar-refractivity contribution is -0.119. The molecule has 1 aromatic heterocycles. The van der Waals surface area contributed by atoms with Gasteiger partial charge in [0.1, 0.15) is 0 Å². The van der Waals surface area contributed by atoms with Crippen LogP contribution in [0.1, 0.15) is 25.5 Å². The molecule has 0 radical (unpaired) electrons. The van der Waals surface area contributed by atoms with E-state index in [9.17, 15) is 4.79 Å². The predicted octanol–water partition coefficient (Wildman–Crippen LogP) is 3.16. The Balaban J connectivity index is 2.19. The summed E-state index contributed by atoms with van der Waals surface area (Å²) in [6.07, 6.45) is 1.26. The van der Waals surface area contributed by atoms with Gasteiger partial charge in [-0.05, 0) is 37.7 Å². The van der Waals surface area contributed by atoms with E-state index in [1.54, 1.807) is 0 Å². The van der Waals surface area contributed by atoms with Crippen LogP contribution in [0.15, 0.2) is 30.3 Å². The molecule has 20 heavy (non-hydrogen) atoms. The van der Waals surface area contributed by atoms with Crippen molar-refractivity contribution in [3.8, 4) is 0 Å². The third-order valence-electron chi connectivity index (χ3n) is 2.84. The van der Waals surface area contributed by atoms with Gasteiger partial charge in [-0.1, -0.05) is 25.1 Å². The van der Waals surface area contributed by atoms with Crippen LogP contribution < -0.4 is 10.6 Å². The second kappa shape index (κ2) is 6.43. The summed E-state index contributed by atoms with van der Waals surface area (Å²) in [5.74, 6) is -0.0747. The van der Waals surface area contributed by atoms with E-state index < -0.39 is 0 Å². The minimum absolute atomic E-state index is 0.0747. The number of fused-ring (bicyclic) bond motifs is 1. The maximum absolute atomic E-state index is 11.5. The molecule has 0 atom stereocenters. The molecule has 2 rings (SSSR count). The number of aryl methyl sites for hydroxylation is 1. The first-order valence-electron chi connectivity index (χ1n) is 6.57. The van der Waals surface area contributed by atoms with Gasteiger partial charge in [0, 0.05) is 17.5 Å². The summed E-state index contributed by atoms with van der Waals surface area (Å²) < 4.78 is 0. The second-order valence-corrected chi connectivity index (χ2v) is 4.99. The fraction of sp³-hybridized carbons (Fsp3) is 0.267. The van der Waals surface area contributed by atoms with Gasteiger partial charge in [0.05, 0.1) is 11.2 Å². The quantitative estimate of drug-likeness (QED) is 0.851. The van der Waals surface area contributed by atoms with Crippen LogP contribution in [-0.4, -0.2) is 16.0 Å². The number of thiocarbonyl (C=S) groups is 1. The van der Waals surface area contributed by atoms with Crippen molar-refractivity contribution in [3.63, 3.8) is 0 Å². The van der Waals surface area contributed by atoms with Crippen molar-refractivity contribution in [1.29, 1.82) is 0 Å². The van der Waals surface area contributed by atoms with Crippen LogP contribution in [0.2, 0.25) is 0 Å². The first-order valence-corrected chi connectivity index (χ1v) is 6.98. The van der Waals surface area contributed by atoms with Crippen LogP contribution in [0.4, 0.5) is 5.69 Å². The van der Waals surface area contributed by atoms with Gasteiger partial charge >= 0.3 is 0 Å². The van der Waals surface area contributed by atoms with Crippen LogP contribution in [0.3, 0.4) is 0 Å². The number of hydrogen-bond donors (Lipinski definition) is 2. The molecule has 4 nitrogen and oxygen atoms in total. The summed E-state index contributed by atoms with van der Waals surface area (Å²) in [6, 6.07) is 9.80. The lowest BCUT2D eigenvalue weighted by Gasteiger charge is -2.11. The SMILES string of the molecule is CCCC(=O)NC(=S)Nc1cccc2ccc(C)nc12. The molecule has 0 fully saturated rings. The average molecular weight is 287 g/mol. The Hall–Kier alpha value is -2.01. The molecule has 1 aromatic carbocycles. The molecule has 0 saturated carbocycles. The van der Waals surface area contributed by atoms with Crippen LogP contribution in [-0.2, 0) is 4.79 Å². The lowest BCUT2D eigenvalue weighted by atomic mass is 10.2. The van der Waals surface area contributed by atoms with E-state index in [-0.39, 0.29) is 5.91 Å². The number of nitrogens with zero attached hydrogens (tertiary/aromatic N) is 1. The fourth-order valence-electron chi connectivity index (χ4n) is 1.92. The molecule has 0 saturated heterocycles. The van der Waals surface area contributed by atoms with Gasteiger partial charge in [-0.15, -0.1) is 0 Å². The Morgan fingerprint density at radius 2 is 2.10 bits per heavy atom. The van der Waals surface area contributed by atoms with Crippen molar-refractivity contribution in [3.05, 3.63) is 36.0 Å². The van der Waals surface area contributed by atoms with E-state index >= 15 is 0 Å². The Labute approximate surface area is 123 Å². The molecule has 2 aromatic rings. The van der Waals surface area contributed by atoms with E-state index in [1.807, 2.05) is 44.2 Å².